The maximum atomic E-state index is 14.7. The van der Waals surface area contributed by atoms with Gasteiger partial charge in [-0.15, -0.1) is 0 Å². The maximum Gasteiger partial charge on any atom is 0.274 e. The largest absolute Gasteiger partial charge is 0.457 e. The molecule has 4 aromatic carbocycles. The van der Waals surface area contributed by atoms with Crippen LogP contribution in [-0.4, -0.2) is 70.7 Å². The summed E-state index contributed by atoms with van der Waals surface area (Å²) in [5.74, 6) is 0.529. The smallest absolute Gasteiger partial charge is 0.274 e. The molecule has 6 rings (SSSR count). The lowest BCUT2D eigenvalue weighted by atomic mass is 9.93. The van der Waals surface area contributed by atoms with E-state index < -0.39 is 22.0 Å². The number of amides is 2. The molecule has 2 heterocycles. The standard InChI is InChI=1S/C43H49N5O6S/c1-5-7-23-46(24-8-6-2)43(51)40-25-31(4)48(44-40)41-22-15-34(27-39(41)42(50)47-28-33-12-10-9-11-32(33)26-35(47)29-49)45-55(52,53)38-20-18-37(19-21-38)54-36-16-13-30(3)14-17-36/h9-22,25,27,35,45,49H,5-8,23-24,26,28-29H2,1-4H3/t35-/m0/s1. The van der Waals surface area contributed by atoms with Crippen molar-refractivity contribution < 1.29 is 27.9 Å². The Morgan fingerprint density at radius 2 is 1.51 bits per heavy atom. The van der Waals surface area contributed by atoms with Gasteiger partial charge in [-0.3, -0.25) is 14.3 Å². The zero-order chi connectivity index (χ0) is 39.1. The molecule has 1 aromatic heterocycles. The van der Waals surface area contributed by atoms with E-state index in [9.17, 15) is 23.1 Å². The van der Waals surface area contributed by atoms with Crippen LogP contribution in [0.5, 0.6) is 11.5 Å². The topological polar surface area (TPSA) is 134 Å². The Morgan fingerprint density at radius 3 is 2.15 bits per heavy atom. The van der Waals surface area contributed by atoms with Crippen LogP contribution in [0.3, 0.4) is 0 Å². The van der Waals surface area contributed by atoms with Gasteiger partial charge in [0, 0.05) is 31.0 Å². The van der Waals surface area contributed by atoms with Crippen LogP contribution >= 0.6 is 0 Å². The number of aliphatic hydroxyl groups is 1. The third-order valence-electron chi connectivity index (χ3n) is 9.88. The highest BCUT2D eigenvalue weighted by Crippen LogP contribution is 2.30. The number of fused-ring (bicyclic) bond motifs is 1. The SMILES string of the molecule is CCCCN(CCCC)C(=O)c1cc(C)n(-c2ccc(NS(=O)(=O)c3ccc(Oc4ccc(C)cc4)cc3)cc2C(=O)N2Cc3ccccc3C[C@H]2CO)n1. The highest BCUT2D eigenvalue weighted by atomic mass is 32.2. The number of aryl methyl sites for hydroxylation is 2. The fourth-order valence-electron chi connectivity index (χ4n) is 6.74. The van der Waals surface area contributed by atoms with Gasteiger partial charge in [0.15, 0.2) is 5.69 Å². The molecule has 0 aliphatic carbocycles. The molecule has 2 amide bonds. The summed E-state index contributed by atoms with van der Waals surface area (Å²) in [6.07, 6.45) is 4.13. The van der Waals surface area contributed by atoms with Gasteiger partial charge >= 0.3 is 0 Å². The molecule has 1 aliphatic rings. The first-order valence-electron chi connectivity index (χ1n) is 18.9. The summed E-state index contributed by atoms with van der Waals surface area (Å²) in [5, 5.41) is 15.2. The molecule has 0 bridgehead atoms. The van der Waals surface area contributed by atoms with Crippen molar-refractivity contribution >= 4 is 27.5 Å². The number of aromatic nitrogens is 2. The molecule has 12 heteroatoms. The second-order valence-electron chi connectivity index (χ2n) is 14.0. The second kappa shape index (κ2) is 17.3. The summed E-state index contributed by atoms with van der Waals surface area (Å²) in [5.41, 5.74) is 4.73. The van der Waals surface area contributed by atoms with Crippen molar-refractivity contribution in [3.05, 3.63) is 131 Å². The Hall–Kier alpha value is -5.46. The molecular weight excluding hydrogens is 715 g/mol. The number of carbonyl (C=O) groups excluding carboxylic acids is 2. The average molecular weight is 764 g/mol. The lowest BCUT2D eigenvalue weighted by molar-refractivity contribution is 0.0544. The molecule has 0 fully saturated rings. The number of hydrogen-bond acceptors (Lipinski definition) is 7. The van der Waals surface area contributed by atoms with Crippen LogP contribution < -0.4 is 9.46 Å². The number of aliphatic hydroxyl groups excluding tert-OH is 1. The van der Waals surface area contributed by atoms with Gasteiger partial charge < -0.3 is 19.6 Å². The average Bonchev–Trinajstić information content (AvgIpc) is 3.58. The van der Waals surface area contributed by atoms with Crippen LogP contribution in [0.25, 0.3) is 5.69 Å². The number of benzene rings is 4. The molecule has 2 N–H and O–H groups in total. The summed E-state index contributed by atoms with van der Waals surface area (Å²) >= 11 is 0. The molecule has 5 aromatic rings. The van der Waals surface area contributed by atoms with Gasteiger partial charge in [-0.05, 0) is 105 Å². The van der Waals surface area contributed by atoms with Gasteiger partial charge in [0.25, 0.3) is 21.8 Å². The van der Waals surface area contributed by atoms with Gasteiger partial charge in [0.05, 0.1) is 28.8 Å². The van der Waals surface area contributed by atoms with Gasteiger partial charge in [-0.25, -0.2) is 13.1 Å². The van der Waals surface area contributed by atoms with Crippen molar-refractivity contribution in [1.29, 1.82) is 0 Å². The Kier molecular flexibility index (Phi) is 12.4. The van der Waals surface area contributed by atoms with E-state index in [1.165, 1.54) is 18.2 Å². The molecule has 0 saturated heterocycles. The van der Waals surface area contributed by atoms with E-state index in [0.29, 0.717) is 42.4 Å². The molecule has 1 atom stereocenters. The van der Waals surface area contributed by atoms with E-state index in [1.807, 2.05) is 67.3 Å². The summed E-state index contributed by atoms with van der Waals surface area (Å²) in [7, 11) is -4.09. The van der Waals surface area contributed by atoms with Crippen molar-refractivity contribution in [2.75, 3.05) is 24.4 Å². The van der Waals surface area contributed by atoms with E-state index in [4.69, 9.17) is 9.84 Å². The third kappa shape index (κ3) is 9.09. The third-order valence-corrected chi connectivity index (χ3v) is 11.3. The van der Waals surface area contributed by atoms with E-state index in [0.717, 1.165) is 42.4 Å². The fourth-order valence-corrected chi connectivity index (χ4v) is 7.79. The Labute approximate surface area is 323 Å². The first-order chi connectivity index (χ1) is 26.5. The minimum Gasteiger partial charge on any atom is -0.457 e. The van der Waals surface area contributed by atoms with Crippen molar-refractivity contribution in [3.63, 3.8) is 0 Å². The van der Waals surface area contributed by atoms with Crippen molar-refractivity contribution in [2.24, 2.45) is 0 Å². The number of sulfonamides is 1. The minimum atomic E-state index is -4.09. The van der Waals surface area contributed by atoms with E-state index in [1.54, 1.807) is 39.9 Å². The molecule has 0 radical (unpaired) electrons. The van der Waals surface area contributed by atoms with Crippen LogP contribution in [0.1, 0.15) is 82.8 Å². The molecular formula is C43H49N5O6S. The van der Waals surface area contributed by atoms with E-state index >= 15 is 0 Å². The van der Waals surface area contributed by atoms with E-state index in [-0.39, 0.29) is 40.9 Å². The highest BCUT2D eigenvalue weighted by Gasteiger charge is 2.32. The van der Waals surface area contributed by atoms with Crippen molar-refractivity contribution in [3.8, 4) is 17.2 Å². The van der Waals surface area contributed by atoms with Crippen molar-refractivity contribution in [1.82, 2.24) is 19.6 Å². The number of carbonyl (C=O) groups is 2. The molecule has 1 aliphatic heterocycles. The lowest BCUT2D eigenvalue weighted by Gasteiger charge is -2.36. The zero-order valence-electron chi connectivity index (χ0n) is 31.9. The number of rotatable bonds is 15. The number of nitrogens with one attached hydrogen (secondary N) is 1. The maximum absolute atomic E-state index is 14.7. The number of anilines is 1. The number of nitrogens with zero attached hydrogens (tertiary/aromatic N) is 4. The van der Waals surface area contributed by atoms with Gasteiger partial charge in [-0.2, -0.15) is 5.10 Å². The molecule has 288 valence electrons. The summed E-state index contributed by atoms with van der Waals surface area (Å²) < 4.78 is 37.5. The zero-order valence-corrected chi connectivity index (χ0v) is 32.7. The summed E-state index contributed by atoms with van der Waals surface area (Å²) in [4.78, 5) is 31.9. The monoisotopic (exact) mass is 763 g/mol. The van der Waals surface area contributed by atoms with Crippen LogP contribution in [-0.2, 0) is 23.0 Å². The predicted octanol–water partition coefficient (Wildman–Crippen LogP) is 7.68. The summed E-state index contributed by atoms with van der Waals surface area (Å²) in [6.45, 7) is 9.23. The summed E-state index contributed by atoms with van der Waals surface area (Å²) in [6, 6.07) is 27.4. The Balaban J connectivity index is 1.34. The Morgan fingerprint density at radius 1 is 0.873 bits per heavy atom. The first-order valence-corrected chi connectivity index (χ1v) is 20.4. The van der Waals surface area contributed by atoms with E-state index in [2.05, 4.69) is 18.6 Å². The van der Waals surface area contributed by atoms with Crippen LogP contribution in [0, 0.1) is 13.8 Å². The number of ether oxygens (including phenoxy) is 1. The quantitative estimate of drug-likeness (QED) is 0.112. The van der Waals surface area contributed by atoms with Crippen LogP contribution in [0.15, 0.2) is 102 Å². The minimum absolute atomic E-state index is 0.00969. The second-order valence-corrected chi connectivity index (χ2v) is 15.7. The predicted molar refractivity (Wildman–Crippen MR) is 213 cm³/mol. The molecule has 11 nitrogen and oxygen atoms in total. The van der Waals surface area contributed by atoms with Gasteiger partial charge in [0.1, 0.15) is 11.5 Å². The van der Waals surface area contributed by atoms with Crippen LogP contribution in [0.2, 0.25) is 0 Å². The lowest BCUT2D eigenvalue weighted by Crippen LogP contribution is -2.46. The molecule has 0 saturated carbocycles. The van der Waals surface area contributed by atoms with Crippen LogP contribution in [0.4, 0.5) is 5.69 Å². The van der Waals surface area contributed by atoms with Gasteiger partial charge in [0.2, 0.25) is 0 Å². The number of hydrogen-bond donors (Lipinski definition) is 2. The number of unbranched alkanes of at least 4 members (excludes halogenated alkanes) is 2. The normalized spacial score (nSPS) is 14.0. The van der Waals surface area contributed by atoms with Crippen molar-refractivity contribution in [2.45, 2.75) is 77.3 Å². The molecule has 0 spiro atoms. The van der Waals surface area contributed by atoms with Gasteiger partial charge in [-0.1, -0.05) is 68.7 Å². The molecule has 55 heavy (non-hydrogen) atoms. The Bertz CT molecular complexity index is 2230. The molecule has 0 unspecified atom stereocenters. The fraction of sp³-hybridized carbons (Fsp3) is 0.326. The first kappa shape index (κ1) is 39.2. The highest BCUT2D eigenvalue weighted by molar-refractivity contribution is 7.92.